The van der Waals surface area contributed by atoms with Crippen LogP contribution < -0.4 is 37.2 Å². The Morgan fingerprint density at radius 2 is 1.00 bits per heavy atom. The number of halogens is 3. The van der Waals surface area contributed by atoms with Crippen LogP contribution in [-0.4, -0.2) is 5.11 Å². The summed E-state index contributed by atoms with van der Waals surface area (Å²) in [6.07, 6.45) is 0. The van der Waals surface area contributed by atoms with Crippen molar-refractivity contribution in [3.05, 3.63) is 28.8 Å². The summed E-state index contributed by atoms with van der Waals surface area (Å²) >= 11 is 0. The van der Waals surface area contributed by atoms with E-state index in [1.807, 2.05) is 0 Å². The number of phenols is 1. The second-order valence-corrected chi connectivity index (χ2v) is 6.71. The third-order valence-electron chi connectivity index (χ3n) is 2.87. The van der Waals surface area contributed by atoms with Crippen molar-refractivity contribution in [1.82, 2.24) is 0 Å². The number of aryl methyl sites for hydroxylation is 1. The number of hydrogen-bond acceptors (Lipinski definition) is 1. The van der Waals surface area contributed by atoms with E-state index >= 15 is 0 Å². The van der Waals surface area contributed by atoms with Crippen molar-refractivity contribution in [3.63, 3.8) is 0 Å². The Balaban J connectivity index is -0.000000320. The van der Waals surface area contributed by atoms with Crippen molar-refractivity contribution in [1.29, 1.82) is 0 Å². The summed E-state index contributed by atoms with van der Waals surface area (Å²) in [6.45, 7) is 14.9. The molecule has 0 aliphatic carbocycles. The molecule has 0 spiro atoms. The van der Waals surface area contributed by atoms with Gasteiger partial charge in [-0.15, -0.1) is 0 Å². The minimum absolute atomic E-state index is 0. The third-order valence-corrected chi connectivity index (χ3v) is 2.87. The van der Waals surface area contributed by atoms with Crippen LogP contribution in [0.3, 0.4) is 0 Å². The van der Waals surface area contributed by atoms with Gasteiger partial charge in [0, 0.05) is 0 Å². The molecule has 0 atom stereocenters. The van der Waals surface area contributed by atoms with Crippen LogP contribution in [0.5, 0.6) is 5.75 Å². The molecule has 0 fully saturated rings. The fourth-order valence-corrected chi connectivity index (χ4v) is 1.92. The molecule has 5 heteroatoms. The second kappa shape index (κ2) is 9.59. The molecular formula is C15H24Cl3OTi. The van der Waals surface area contributed by atoms with Gasteiger partial charge in [-0.2, -0.15) is 0 Å². The van der Waals surface area contributed by atoms with Crippen molar-refractivity contribution in [2.45, 2.75) is 59.3 Å². The van der Waals surface area contributed by atoms with Crippen LogP contribution in [-0.2, 0) is 32.5 Å². The van der Waals surface area contributed by atoms with E-state index in [-0.39, 0.29) is 69.8 Å². The van der Waals surface area contributed by atoms with Crippen LogP contribution in [0, 0.1) is 6.92 Å². The predicted octanol–water partition coefficient (Wildman–Crippen LogP) is -4.69. The van der Waals surface area contributed by atoms with E-state index in [2.05, 4.69) is 60.6 Å². The van der Waals surface area contributed by atoms with Gasteiger partial charge < -0.3 is 42.3 Å². The Hall–Kier alpha value is 0.604. The topological polar surface area (TPSA) is 20.2 Å². The Kier molecular flexibility index (Phi) is 13.8. The minimum Gasteiger partial charge on any atom is -1.00 e. The Morgan fingerprint density at radius 3 is 1.20 bits per heavy atom. The number of benzene rings is 1. The summed E-state index contributed by atoms with van der Waals surface area (Å²) < 4.78 is 0. The Labute approximate surface area is 157 Å². The molecule has 1 N–H and O–H groups in total. The number of hydrogen-bond donors (Lipinski definition) is 1. The van der Waals surface area contributed by atoms with Gasteiger partial charge in [0.05, 0.1) is 0 Å². The standard InChI is InChI=1S/C15H24O.3ClH.Ti/c1-10-8-11(14(2,3)4)13(16)12(9-10)15(5,6)7;;;;/h8-9,16H,1-7H3;3*1H;/q;;;;+3/p-3. The van der Waals surface area contributed by atoms with Gasteiger partial charge in [0.25, 0.3) is 0 Å². The normalized spacial score (nSPS) is 10.3. The van der Waals surface area contributed by atoms with Gasteiger partial charge in [0.2, 0.25) is 0 Å². The summed E-state index contributed by atoms with van der Waals surface area (Å²) in [5.74, 6) is 0.464. The van der Waals surface area contributed by atoms with Crippen LogP contribution in [0.2, 0.25) is 0 Å². The minimum atomic E-state index is -0.0178. The van der Waals surface area contributed by atoms with E-state index in [1.165, 1.54) is 5.56 Å². The largest absolute Gasteiger partial charge is 3.00 e. The molecule has 0 saturated heterocycles. The molecule has 0 heterocycles. The molecule has 20 heavy (non-hydrogen) atoms. The van der Waals surface area contributed by atoms with Crippen LogP contribution in [0.25, 0.3) is 0 Å². The maximum atomic E-state index is 10.4. The smallest absolute Gasteiger partial charge is 1.00 e. The summed E-state index contributed by atoms with van der Waals surface area (Å²) in [7, 11) is 0. The number of phenolic OH excluding ortho intramolecular Hbond substituents is 1. The first-order valence-electron chi connectivity index (χ1n) is 5.88. The third kappa shape index (κ3) is 7.05. The Morgan fingerprint density at radius 1 is 0.750 bits per heavy atom. The predicted molar refractivity (Wildman–Crippen MR) is 70.2 cm³/mol. The number of aromatic hydroxyl groups is 1. The molecule has 1 radical (unpaired) electrons. The first-order valence-corrected chi connectivity index (χ1v) is 5.88. The van der Waals surface area contributed by atoms with Crippen molar-refractivity contribution < 1.29 is 64.0 Å². The number of rotatable bonds is 0. The first-order chi connectivity index (χ1) is 7.03. The molecule has 0 saturated carbocycles. The molecule has 0 unspecified atom stereocenters. The van der Waals surface area contributed by atoms with Crippen molar-refractivity contribution in [2.75, 3.05) is 0 Å². The monoisotopic (exact) mass is 373 g/mol. The molecule has 1 rings (SSSR count). The average molecular weight is 375 g/mol. The molecular weight excluding hydrogens is 350 g/mol. The first kappa shape index (κ1) is 28.7. The molecule has 0 aromatic heterocycles. The molecule has 1 aromatic carbocycles. The van der Waals surface area contributed by atoms with Gasteiger partial charge in [-0.25, -0.2) is 0 Å². The molecule has 0 aliphatic rings. The summed E-state index contributed by atoms with van der Waals surface area (Å²) in [6, 6.07) is 4.18. The van der Waals surface area contributed by atoms with E-state index in [9.17, 15) is 5.11 Å². The maximum absolute atomic E-state index is 10.4. The quantitative estimate of drug-likeness (QED) is 0.453. The molecule has 1 aromatic rings. The van der Waals surface area contributed by atoms with Crippen LogP contribution in [0.1, 0.15) is 58.2 Å². The summed E-state index contributed by atoms with van der Waals surface area (Å²) in [4.78, 5) is 0. The maximum Gasteiger partial charge on any atom is 3.00 e. The van der Waals surface area contributed by atoms with E-state index in [0.29, 0.717) is 5.75 Å². The van der Waals surface area contributed by atoms with E-state index < -0.39 is 0 Å². The van der Waals surface area contributed by atoms with Gasteiger partial charge >= 0.3 is 21.7 Å². The summed E-state index contributed by atoms with van der Waals surface area (Å²) in [5.41, 5.74) is 3.26. The molecule has 1 nitrogen and oxygen atoms in total. The Bertz CT molecular complexity index is 372. The zero-order chi connectivity index (χ0) is 12.7. The van der Waals surface area contributed by atoms with Gasteiger partial charge in [0.15, 0.2) is 0 Å². The van der Waals surface area contributed by atoms with Gasteiger partial charge in [0.1, 0.15) is 5.75 Å². The van der Waals surface area contributed by atoms with E-state index in [1.54, 1.807) is 0 Å². The van der Waals surface area contributed by atoms with Gasteiger partial charge in [-0.3, -0.25) is 0 Å². The molecule has 0 bridgehead atoms. The van der Waals surface area contributed by atoms with Crippen molar-refractivity contribution in [3.8, 4) is 5.75 Å². The van der Waals surface area contributed by atoms with Gasteiger partial charge in [-0.05, 0) is 28.9 Å². The molecule has 0 amide bonds. The second-order valence-electron chi connectivity index (χ2n) is 6.71. The van der Waals surface area contributed by atoms with E-state index in [0.717, 1.165) is 11.1 Å². The fraction of sp³-hybridized carbons (Fsp3) is 0.600. The molecule has 115 valence electrons. The zero-order valence-electron chi connectivity index (χ0n) is 13.2. The van der Waals surface area contributed by atoms with Crippen molar-refractivity contribution in [2.24, 2.45) is 0 Å². The van der Waals surface area contributed by atoms with Crippen molar-refractivity contribution >= 4 is 0 Å². The van der Waals surface area contributed by atoms with E-state index in [4.69, 9.17) is 0 Å². The average Bonchev–Trinajstić information content (AvgIpc) is 2.04. The molecule has 0 aliphatic heterocycles. The van der Waals surface area contributed by atoms with Crippen LogP contribution in [0.15, 0.2) is 12.1 Å². The SMILES string of the molecule is Cc1cc(C(C)(C)C)c(O)c(C(C)(C)C)c1.[Cl-].[Cl-].[Cl-].[Ti+3]. The zero-order valence-corrected chi connectivity index (χ0v) is 17.1. The summed E-state index contributed by atoms with van der Waals surface area (Å²) in [5, 5.41) is 10.4. The van der Waals surface area contributed by atoms with Crippen LogP contribution in [0.4, 0.5) is 0 Å². The van der Waals surface area contributed by atoms with Gasteiger partial charge in [-0.1, -0.05) is 59.2 Å². The fourth-order valence-electron chi connectivity index (χ4n) is 1.92. The van der Waals surface area contributed by atoms with Crippen LogP contribution >= 0.6 is 0 Å².